The van der Waals surface area contributed by atoms with Crippen LogP contribution in [0.2, 0.25) is 5.02 Å². The molecule has 0 saturated carbocycles. The van der Waals surface area contributed by atoms with Crippen molar-refractivity contribution in [2.24, 2.45) is 0 Å². The summed E-state index contributed by atoms with van der Waals surface area (Å²) in [4.78, 5) is 24.1. The second kappa shape index (κ2) is 8.63. The number of benzene rings is 2. The summed E-state index contributed by atoms with van der Waals surface area (Å²) >= 11 is 5.88. The third-order valence-electron chi connectivity index (χ3n) is 3.91. The molecule has 1 atom stereocenters. The summed E-state index contributed by atoms with van der Waals surface area (Å²) < 4.78 is 18.7. The average Bonchev–Trinajstić information content (AvgIpc) is 2.58. The van der Waals surface area contributed by atoms with E-state index in [2.05, 4.69) is 5.32 Å². The van der Waals surface area contributed by atoms with Crippen LogP contribution >= 0.6 is 11.6 Å². The van der Waals surface area contributed by atoms with Crippen molar-refractivity contribution in [3.63, 3.8) is 0 Å². The van der Waals surface area contributed by atoms with Gasteiger partial charge in [0.2, 0.25) is 0 Å². The molecule has 1 N–H and O–H groups in total. The van der Waals surface area contributed by atoms with Crippen LogP contribution in [0.5, 0.6) is 0 Å². The Balaban J connectivity index is 1.99. The number of anilines is 1. The molecule has 2 aromatic carbocycles. The number of halogens is 2. The van der Waals surface area contributed by atoms with Gasteiger partial charge in [-0.3, -0.25) is 4.79 Å². The minimum atomic E-state index is -1.01. The number of aryl methyl sites for hydroxylation is 1. The number of carbonyl (C=O) groups excluding carboxylic acids is 2. The van der Waals surface area contributed by atoms with Crippen LogP contribution in [0, 0.1) is 19.7 Å². The molecular weight excluding hydrogens is 357 g/mol. The highest BCUT2D eigenvalue weighted by atomic mass is 35.5. The van der Waals surface area contributed by atoms with Gasteiger partial charge < -0.3 is 10.1 Å². The normalized spacial score (nSPS) is 12.0. The fourth-order valence-electron chi connectivity index (χ4n) is 2.21. The largest absolute Gasteiger partial charge is 0.449 e. The molecule has 0 aliphatic rings. The first-order valence-corrected chi connectivity index (χ1v) is 8.37. The first-order chi connectivity index (χ1) is 12.3. The lowest BCUT2D eigenvalue weighted by atomic mass is 10.1. The summed E-state index contributed by atoms with van der Waals surface area (Å²) in [6.45, 7) is 5.29. The van der Waals surface area contributed by atoms with Crippen molar-refractivity contribution < 1.29 is 18.7 Å². The van der Waals surface area contributed by atoms with Crippen molar-refractivity contribution in [2.75, 3.05) is 5.32 Å². The average molecular weight is 376 g/mol. The molecule has 0 bridgehead atoms. The molecule has 0 fully saturated rings. The van der Waals surface area contributed by atoms with Crippen LogP contribution in [0.4, 0.5) is 10.1 Å². The summed E-state index contributed by atoms with van der Waals surface area (Å²) in [5.41, 5.74) is 2.72. The Labute approximate surface area is 156 Å². The number of rotatable bonds is 5. The van der Waals surface area contributed by atoms with E-state index in [1.807, 2.05) is 26.0 Å². The number of ether oxygens (including phenoxy) is 1. The number of carbonyl (C=O) groups is 2. The molecule has 2 rings (SSSR count). The molecule has 4 nitrogen and oxygen atoms in total. The first kappa shape index (κ1) is 19.7. The van der Waals surface area contributed by atoms with Crippen molar-refractivity contribution in [1.82, 2.24) is 0 Å². The van der Waals surface area contributed by atoms with Crippen molar-refractivity contribution in [1.29, 1.82) is 0 Å². The van der Waals surface area contributed by atoms with Gasteiger partial charge in [0.15, 0.2) is 6.10 Å². The molecule has 0 spiro atoms. The smallest absolute Gasteiger partial charge is 0.331 e. The summed E-state index contributed by atoms with van der Waals surface area (Å²) in [6, 6.07) is 9.75. The standard InChI is InChI=1S/C20H19ClFNO3/c1-12-6-4-9-18(13(12)2)23-20(25)14(3)26-19(24)11-10-15-16(21)7-5-8-17(15)22/h4-11,14H,1-3H3,(H,23,25)/b11-10+/t14-/m1/s1. The fraction of sp³-hybridized carbons (Fsp3) is 0.200. The Bertz CT molecular complexity index is 844. The molecular formula is C20H19ClFNO3. The fourth-order valence-corrected chi connectivity index (χ4v) is 2.44. The molecule has 0 aromatic heterocycles. The van der Waals surface area contributed by atoms with Crippen molar-refractivity contribution in [3.8, 4) is 0 Å². The van der Waals surface area contributed by atoms with E-state index in [1.54, 1.807) is 6.07 Å². The Morgan fingerprint density at radius 1 is 1.19 bits per heavy atom. The zero-order valence-corrected chi connectivity index (χ0v) is 15.4. The monoisotopic (exact) mass is 375 g/mol. The molecule has 1 amide bonds. The van der Waals surface area contributed by atoms with Gasteiger partial charge >= 0.3 is 5.97 Å². The maximum atomic E-state index is 13.7. The third kappa shape index (κ3) is 4.92. The topological polar surface area (TPSA) is 55.4 Å². The lowest BCUT2D eigenvalue weighted by molar-refractivity contribution is -0.148. The number of amides is 1. The van der Waals surface area contributed by atoms with E-state index in [9.17, 15) is 14.0 Å². The molecule has 26 heavy (non-hydrogen) atoms. The Morgan fingerprint density at radius 2 is 1.88 bits per heavy atom. The predicted molar refractivity (Wildman–Crippen MR) is 101 cm³/mol. The minimum absolute atomic E-state index is 0.0820. The maximum absolute atomic E-state index is 13.7. The molecule has 0 radical (unpaired) electrons. The highest BCUT2D eigenvalue weighted by Gasteiger charge is 2.17. The van der Waals surface area contributed by atoms with Gasteiger partial charge in [-0.05, 0) is 56.2 Å². The van der Waals surface area contributed by atoms with Gasteiger partial charge in [-0.1, -0.05) is 29.8 Å². The molecule has 0 saturated heterocycles. The minimum Gasteiger partial charge on any atom is -0.449 e. The quantitative estimate of drug-likeness (QED) is 0.609. The summed E-state index contributed by atoms with van der Waals surface area (Å²) in [7, 11) is 0. The molecule has 0 aliphatic carbocycles. The van der Waals surface area contributed by atoms with E-state index in [4.69, 9.17) is 16.3 Å². The van der Waals surface area contributed by atoms with E-state index in [1.165, 1.54) is 31.2 Å². The lowest BCUT2D eigenvalue weighted by Crippen LogP contribution is -2.29. The van der Waals surface area contributed by atoms with Gasteiger partial charge in [-0.2, -0.15) is 0 Å². The Kier molecular flexibility index (Phi) is 6.52. The summed E-state index contributed by atoms with van der Waals surface area (Å²) in [5, 5.41) is 2.90. The lowest BCUT2D eigenvalue weighted by Gasteiger charge is -2.14. The van der Waals surface area contributed by atoms with Crippen molar-refractivity contribution in [3.05, 3.63) is 70.0 Å². The van der Waals surface area contributed by atoms with Crippen LogP contribution in [0.25, 0.3) is 6.08 Å². The SMILES string of the molecule is Cc1cccc(NC(=O)[C@@H](C)OC(=O)/C=C/c2c(F)cccc2Cl)c1C. The van der Waals surface area contributed by atoms with Gasteiger partial charge in [0.1, 0.15) is 5.82 Å². The molecule has 136 valence electrons. The number of hydrogen-bond acceptors (Lipinski definition) is 3. The zero-order chi connectivity index (χ0) is 19.3. The number of esters is 1. The van der Waals surface area contributed by atoms with E-state index in [0.717, 1.165) is 17.2 Å². The zero-order valence-electron chi connectivity index (χ0n) is 14.7. The van der Waals surface area contributed by atoms with E-state index in [-0.39, 0.29) is 10.6 Å². The third-order valence-corrected chi connectivity index (χ3v) is 4.24. The molecule has 0 heterocycles. The highest BCUT2D eigenvalue weighted by molar-refractivity contribution is 6.32. The molecule has 0 aliphatic heterocycles. The Hall–Kier alpha value is -2.66. The maximum Gasteiger partial charge on any atom is 0.331 e. The van der Waals surface area contributed by atoms with E-state index in [0.29, 0.717) is 5.69 Å². The van der Waals surface area contributed by atoms with Crippen molar-refractivity contribution in [2.45, 2.75) is 26.9 Å². The van der Waals surface area contributed by atoms with Crippen LogP contribution in [0.3, 0.4) is 0 Å². The number of nitrogens with one attached hydrogen (secondary N) is 1. The molecule has 6 heteroatoms. The summed E-state index contributed by atoms with van der Waals surface area (Å²) in [5.74, 6) is -1.78. The highest BCUT2D eigenvalue weighted by Crippen LogP contribution is 2.21. The van der Waals surface area contributed by atoms with E-state index >= 15 is 0 Å². The van der Waals surface area contributed by atoms with Crippen LogP contribution in [0.1, 0.15) is 23.6 Å². The first-order valence-electron chi connectivity index (χ1n) is 7.99. The molecule has 0 unspecified atom stereocenters. The second-order valence-corrected chi connectivity index (χ2v) is 6.19. The molecule has 2 aromatic rings. The van der Waals surface area contributed by atoms with Gasteiger partial charge in [0, 0.05) is 17.3 Å². The van der Waals surface area contributed by atoms with E-state index < -0.39 is 23.8 Å². The Morgan fingerprint density at radius 3 is 2.58 bits per heavy atom. The van der Waals surface area contributed by atoms with Crippen LogP contribution in [0.15, 0.2) is 42.5 Å². The van der Waals surface area contributed by atoms with Crippen molar-refractivity contribution >= 4 is 35.2 Å². The van der Waals surface area contributed by atoms with Gasteiger partial charge in [0.05, 0.1) is 5.02 Å². The predicted octanol–water partition coefficient (Wildman–Crippen LogP) is 4.68. The van der Waals surface area contributed by atoms with Crippen LogP contribution in [-0.2, 0) is 14.3 Å². The van der Waals surface area contributed by atoms with Crippen LogP contribution < -0.4 is 5.32 Å². The summed E-state index contributed by atoms with van der Waals surface area (Å²) in [6.07, 6.45) is 1.24. The van der Waals surface area contributed by atoms with Crippen LogP contribution in [-0.4, -0.2) is 18.0 Å². The number of hydrogen-bond donors (Lipinski definition) is 1. The van der Waals surface area contributed by atoms with Gasteiger partial charge in [-0.25, -0.2) is 9.18 Å². The second-order valence-electron chi connectivity index (χ2n) is 5.78. The van der Waals surface area contributed by atoms with Gasteiger partial charge in [-0.15, -0.1) is 0 Å². The van der Waals surface area contributed by atoms with Gasteiger partial charge in [0.25, 0.3) is 5.91 Å².